The lowest BCUT2D eigenvalue weighted by atomic mass is 9.99. The van der Waals surface area contributed by atoms with Crippen LogP contribution in [0.15, 0.2) is 72.8 Å². The molecule has 0 N–H and O–H groups in total. The number of hydrogen-bond donors (Lipinski definition) is 0. The molecule has 0 fully saturated rings. The second kappa shape index (κ2) is 7.57. The molecule has 0 aromatic heterocycles. The average Bonchev–Trinajstić information content (AvgIpc) is 2.63. The fourth-order valence-electron chi connectivity index (χ4n) is 2.79. The predicted octanol–water partition coefficient (Wildman–Crippen LogP) is 4.68. The third kappa shape index (κ3) is 4.30. The van der Waals surface area contributed by atoms with Crippen LogP contribution in [0.2, 0.25) is 0 Å². The van der Waals surface area contributed by atoms with Crippen molar-refractivity contribution < 1.29 is 9.85 Å². The standard InChI is InChI=1S/C20H16N2O4/c23-21(24)19-8-4-15(5-9-19)12-17-2-1-3-18(14-17)13-16-6-10-20(11-7-16)22(25)26/h1-11,14H,12-13H2. The third-order valence-corrected chi connectivity index (χ3v) is 4.10. The molecule has 6 nitrogen and oxygen atoms in total. The van der Waals surface area contributed by atoms with Crippen LogP contribution in [-0.4, -0.2) is 9.85 Å². The Hall–Kier alpha value is -3.54. The first-order valence-electron chi connectivity index (χ1n) is 8.06. The molecule has 0 aliphatic heterocycles. The van der Waals surface area contributed by atoms with Crippen molar-refractivity contribution in [3.05, 3.63) is 115 Å². The lowest BCUT2D eigenvalue weighted by molar-refractivity contribution is -0.385. The van der Waals surface area contributed by atoms with Crippen LogP contribution in [0.25, 0.3) is 0 Å². The summed E-state index contributed by atoms with van der Waals surface area (Å²) in [5.74, 6) is 0. The van der Waals surface area contributed by atoms with Gasteiger partial charge >= 0.3 is 0 Å². The summed E-state index contributed by atoms with van der Waals surface area (Å²) >= 11 is 0. The number of non-ortho nitro benzene ring substituents is 2. The zero-order valence-corrected chi connectivity index (χ0v) is 13.9. The summed E-state index contributed by atoms with van der Waals surface area (Å²) in [5.41, 5.74) is 4.39. The lowest BCUT2D eigenvalue weighted by Gasteiger charge is -2.06. The van der Waals surface area contributed by atoms with Crippen molar-refractivity contribution >= 4 is 11.4 Å². The number of hydrogen-bond acceptors (Lipinski definition) is 4. The molecule has 0 radical (unpaired) electrons. The molecule has 0 bridgehead atoms. The van der Waals surface area contributed by atoms with Gasteiger partial charge in [0.2, 0.25) is 0 Å². The lowest BCUT2D eigenvalue weighted by Crippen LogP contribution is -1.94. The van der Waals surface area contributed by atoms with Crippen LogP contribution in [0, 0.1) is 20.2 Å². The number of nitrogens with zero attached hydrogens (tertiary/aromatic N) is 2. The number of nitro benzene ring substituents is 2. The first-order valence-corrected chi connectivity index (χ1v) is 8.06. The van der Waals surface area contributed by atoms with E-state index in [0.29, 0.717) is 12.8 Å². The van der Waals surface area contributed by atoms with Gasteiger partial charge in [0.25, 0.3) is 11.4 Å². The molecule has 0 aliphatic carbocycles. The monoisotopic (exact) mass is 348 g/mol. The summed E-state index contributed by atoms with van der Waals surface area (Å²) in [4.78, 5) is 20.6. The maximum absolute atomic E-state index is 10.7. The van der Waals surface area contributed by atoms with Gasteiger partial charge in [0.05, 0.1) is 9.85 Å². The van der Waals surface area contributed by atoms with Crippen molar-refractivity contribution in [1.29, 1.82) is 0 Å². The molecule has 3 rings (SSSR count). The smallest absolute Gasteiger partial charge is 0.258 e. The summed E-state index contributed by atoms with van der Waals surface area (Å²) in [7, 11) is 0. The highest BCUT2D eigenvalue weighted by molar-refractivity contribution is 5.38. The van der Waals surface area contributed by atoms with E-state index in [1.807, 2.05) is 18.2 Å². The molecule has 0 saturated heterocycles. The van der Waals surface area contributed by atoms with E-state index in [2.05, 4.69) is 6.07 Å². The van der Waals surface area contributed by atoms with Gasteiger partial charge < -0.3 is 0 Å². The highest BCUT2D eigenvalue weighted by atomic mass is 16.6. The van der Waals surface area contributed by atoms with Crippen molar-refractivity contribution in [1.82, 2.24) is 0 Å². The summed E-state index contributed by atoms with van der Waals surface area (Å²) in [6.45, 7) is 0. The quantitative estimate of drug-likeness (QED) is 0.478. The van der Waals surface area contributed by atoms with Gasteiger partial charge in [-0.25, -0.2) is 0 Å². The highest BCUT2D eigenvalue weighted by Gasteiger charge is 2.06. The zero-order valence-electron chi connectivity index (χ0n) is 13.9. The number of rotatable bonds is 6. The van der Waals surface area contributed by atoms with E-state index in [4.69, 9.17) is 0 Å². The summed E-state index contributed by atoms with van der Waals surface area (Å²) in [6.07, 6.45) is 1.37. The van der Waals surface area contributed by atoms with Gasteiger partial charge in [0.15, 0.2) is 0 Å². The van der Waals surface area contributed by atoms with Crippen LogP contribution < -0.4 is 0 Å². The van der Waals surface area contributed by atoms with Gasteiger partial charge in [-0.2, -0.15) is 0 Å². The molecule has 26 heavy (non-hydrogen) atoms. The van der Waals surface area contributed by atoms with Crippen LogP contribution >= 0.6 is 0 Å². The molecule has 0 atom stereocenters. The average molecular weight is 348 g/mol. The van der Waals surface area contributed by atoms with E-state index < -0.39 is 9.85 Å². The molecule has 0 aliphatic rings. The van der Waals surface area contributed by atoms with Crippen molar-refractivity contribution in [2.24, 2.45) is 0 Å². The topological polar surface area (TPSA) is 86.3 Å². The summed E-state index contributed by atoms with van der Waals surface area (Å²) < 4.78 is 0. The van der Waals surface area contributed by atoms with E-state index in [1.54, 1.807) is 24.3 Å². The number of benzene rings is 3. The van der Waals surface area contributed by atoms with Crippen molar-refractivity contribution in [2.75, 3.05) is 0 Å². The Balaban J connectivity index is 1.71. The Labute approximate surface area is 150 Å². The van der Waals surface area contributed by atoms with Crippen LogP contribution in [0.5, 0.6) is 0 Å². The van der Waals surface area contributed by atoms with Crippen molar-refractivity contribution in [3.63, 3.8) is 0 Å². The van der Waals surface area contributed by atoms with Crippen molar-refractivity contribution in [3.8, 4) is 0 Å². The maximum atomic E-state index is 10.7. The van der Waals surface area contributed by atoms with Gasteiger partial charge in [0, 0.05) is 24.3 Å². The second-order valence-corrected chi connectivity index (χ2v) is 6.02. The summed E-state index contributed by atoms with van der Waals surface area (Å²) in [5, 5.41) is 21.4. The van der Waals surface area contributed by atoms with Gasteiger partial charge in [-0.05, 0) is 35.1 Å². The molecule has 0 saturated carbocycles. The Kier molecular flexibility index (Phi) is 5.03. The van der Waals surface area contributed by atoms with Gasteiger partial charge in [-0.1, -0.05) is 48.5 Å². The Morgan fingerprint density at radius 1 is 0.577 bits per heavy atom. The summed E-state index contributed by atoms with van der Waals surface area (Å²) in [6, 6.07) is 21.2. The fourth-order valence-corrected chi connectivity index (χ4v) is 2.79. The van der Waals surface area contributed by atoms with Crippen LogP contribution in [-0.2, 0) is 12.8 Å². The molecular weight excluding hydrogens is 332 g/mol. The SMILES string of the molecule is O=[N+]([O-])c1ccc(Cc2cccc(Cc3ccc([N+](=O)[O-])cc3)c2)cc1. The maximum Gasteiger partial charge on any atom is 0.269 e. The molecule has 0 spiro atoms. The van der Waals surface area contributed by atoms with Gasteiger partial charge in [-0.3, -0.25) is 20.2 Å². The van der Waals surface area contributed by atoms with E-state index >= 15 is 0 Å². The molecule has 130 valence electrons. The Morgan fingerprint density at radius 2 is 0.962 bits per heavy atom. The minimum Gasteiger partial charge on any atom is -0.258 e. The van der Waals surface area contributed by atoms with Crippen molar-refractivity contribution in [2.45, 2.75) is 12.8 Å². The molecule has 0 unspecified atom stereocenters. The van der Waals surface area contributed by atoms with Crippen LogP contribution in [0.1, 0.15) is 22.3 Å². The third-order valence-electron chi connectivity index (χ3n) is 4.10. The van der Waals surface area contributed by atoms with Crippen LogP contribution in [0.4, 0.5) is 11.4 Å². The van der Waals surface area contributed by atoms with E-state index in [-0.39, 0.29) is 11.4 Å². The molecule has 0 heterocycles. The Bertz CT molecular complexity index is 860. The van der Waals surface area contributed by atoms with Gasteiger partial charge in [0.1, 0.15) is 0 Å². The minimum atomic E-state index is -0.408. The highest BCUT2D eigenvalue weighted by Crippen LogP contribution is 2.19. The fraction of sp³-hybridized carbons (Fsp3) is 0.100. The number of nitro groups is 2. The predicted molar refractivity (Wildman–Crippen MR) is 98.2 cm³/mol. The molecule has 6 heteroatoms. The minimum absolute atomic E-state index is 0.0840. The van der Waals surface area contributed by atoms with E-state index in [1.165, 1.54) is 24.3 Å². The normalized spacial score (nSPS) is 10.5. The van der Waals surface area contributed by atoms with Gasteiger partial charge in [-0.15, -0.1) is 0 Å². The largest absolute Gasteiger partial charge is 0.269 e. The Morgan fingerprint density at radius 3 is 1.31 bits per heavy atom. The van der Waals surface area contributed by atoms with E-state index in [0.717, 1.165) is 22.3 Å². The molecule has 0 amide bonds. The first kappa shape index (κ1) is 17.3. The molecule has 3 aromatic carbocycles. The second-order valence-electron chi connectivity index (χ2n) is 6.02. The van der Waals surface area contributed by atoms with E-state index in [9.17, 15) is 20.2 Å². The zero-order chi connectivity index (χ0) is 18.5. The van der Waals surface area contributed by atoms with Crippen LogP contribution in [0.3, 0.4) is 0 Å². The molecular formula is C20H16N2O4. The first-order chi connectivity index (χ1) is 12.5. The molecule has 3 aromatic rings.